The second-order valence-corrected chi connectivity index (χ2v) is 4.77. The number of ether oxygens (including phenoxy) is 2. The molecule has 0 aliphatic carbocycles. The summed E-state index contributed by atoms with van der Waals surface area (Å²) in [5.74, 6) is 1.01. The molecule has 7 heteroatoms. The van der Waals surface area contributed by atoms with Crippen LogP contribution in [0.4, 0.5) is 11.6 Å². The van der Waals surface area contributed by atoms with E-state index in [0.717, 1.165) is 5.69 Å². The molecule has 0 aliphatic heterocycles. The topological polar surface area (TPSA) is 69.2 Å². The lowest BCUT2D eigenvalue weighted by Crippen LogP contribution is -2.10. The van der Waals surface area contributed by atoms with Gasteiger partial charge in [-0.2, -0.15) is 15.0 Å². The molecule has 2 rings (SSSR count). The van der Waals surface area contributed by atoms with Crippen LogP contribution in [0.5, 0.6) is 11.8 Å². The molecule has 0 spiro atoms. The van der Waals surface area contributed by atoms with Gasteiger partial charge in [0.25, 0.3) is 0 Å². The van der Waals surface area contributed by atoms with E-state index < -0.39 is 0 Å². The predicted octanol–water partition coefficient (Wildman–Crippen LogP) is 3.45. The first-order chi connectivity index (χ1) is 10.1. The molecule has 0 unspecified atom stereocenters. The molecule has 1 aromatic heterocycles. The highest BCUT2D eigenvalue weighted by Gasteiger charge is 2.10. The third-order valence-electron chi connectivity index (χ3n) is 2.36. The Kier molecular flexibility index (Phi) is 5.16. The predicted molar refractivity (Wildman–Crippen MR) is 81.5 cm³/mol. The van der Waals surface area contributed by atoms with Gasteiger partial charge in [0, 0.05) is 0 Å². The summed E-state index contributed by atoms with van der Waals surface area (Å²) in [6.45, 7) is 6.26. The van der Waals surface area contributed by atoms with Crippen molar-refractivity contribution in [1.29, 1.82) is 0 Å². The lowest BCUT2D eigenvalue weighted by atomic mass is 10.3. The minimum Gasteiger partial charge on any atom is -0.492 e. The molecule has 2 aromatic rings. The van der Waals surface area contributed by atoms with E-state index in [1.807, 2.05) is 45.0 Å². The van der Waals surface area contributed by atoms with E-state index in [-0.39, 0.29) is 17.4 Å². The first kappa shape index (κ1) is 15.3. The zero-order chi connectivity index (χ0) is 15.2. The molecule has 6 nitrogen and oxygen atoms in total. The number of halogens is 1. The number of anilines is 2. The van der Waals surface area contributed by atoms with Crippen LogP contribution < -0.4 is 14.8 Å². The average Bonchev–Trinajstić information content (AvgIpc) is 2.40. The van der Waals surface area contributed by atoms with Gasteiger partial charge < -0.3 is 14.8 Å². The third-order valence-corrected chi connectivity index (χ3v) is 2.53. The Balaban J connectivity index is 2.25. The lowest BCUT2D eigenvalue weighted by Gasteiger charge is -2.12. The van der Waals surface area contributed by atoms with Crippen LogP contribution in [-0.2, 0) is 0 Å². The number of aromatic nitrogens is 3. The van der Waals surface area contributed by atoms with Crippen LogP contribution in [-0.4, -0.2) is 27.7 Å². The van der Waals surface area contributed by atoms with Crippen molar-refractivity contribution in [3.05, 3.63) is 29.5 Å². The molecule has 0 saturated heterocycles. The Morgan fingerprint density at radius 3 is 2.67 bits per heavy atom. The van der Waals surface area contributed by atoms with Crippen LogP contribution in [0.1, 0.15) is 20.8 Å². The van der Waals surface area contributed by atoms with Gasteiger partial charge in [0.1, 0.15) is 5.75 Å². The molecule has 0 bridgehead atoms. The summed E-state index contributed by atoms with van der Waals surface area (Å²) in [6, 6.07) is 7.69. The first-order valence-corrected chi connectivity index (χ1v) is 7.03. The van der Waals surface area contributed by atoms with E-state index in [2.05, 4.69) is 20.3 Å². The number of hydrogen-bond acceptors (Lipinski definition) is 6. The van der Waals surface area contributed by atoms with Crippen molar-refractivity contribution in [2.24, 2.45) is 0 Å². The van der Waals surface area contributed by atoms with E-state index in [4.69, 9.17) is 21.1 Å². The fourth-order valence-electron chi connectivity index (χ4n) is 1.62. The molecule has 0 saturated carbocycles. The second kappa shape index (κ2) is 7.08. The molecule has 1 heterocycles. The Hall–Kier alpha value is -2.08. The molecule has 0 fully saturated rings. The number of para-hydroxylation sites is 2. The Morgan fingerprint density at radius 2 is 1.95 bits per heavy atom. The van der Waals surface area contributed by atoms with Gasteiger partial charge in [-0.25, -0.2) is 0 Å². The van der Waals surface area contributed by atoms with Gasteiger partial charge in [-0.1, -0.05) is 12.1 Å². The zero-order valence-electron chi connectivity index (χ0n) is 12.1. The fraction of sp³-hybridized carbons (Fsp3) is 0.357. The van der Waals surface area contributed by atoms with Gasteiger partial charge in [-0.3, -0.25) is 0 Å². The van der Waals surface area contributed by atoms with Gasteiger partial charge >= 0.3 is 6.01 Å². The van der Waals surface area contributed by atoms with Crippen LogP contribution in [0, 0.1) is 0 Å². The minimum absolute atomic E-state index is 0.0490. The molecule has 1 N–H and O–H groups in total. The maximum Gasteiger partial charge on any atom is 0.322 e. The molecular weight excluding hydrogens is 292 g/mol. The van der Waals surface area contributed by atoms with Crippen LogP contribution >= 0.6 is 11.6 Å². The van der Waals surface area contributed by atoms with Crippen LogP contribution in [0.3, 0.4) is 0 Å². The largest absolute Gasteiger partial charge is 0.492 e. The van der Waals surface area contributed by atoms with Crippen molar-refractivity contribution >= 4 is 23.2 Å². The highest BCUT2D eigenvalue weighted by molar-refractivity contribution is 6.28. The van der Waals surface area contributed by atoms with Gasteiger partial charge in [0.15, 0.2) is 0 Å². The van der Waals surface area contributed by atoms with E-state index in [9.17, 15) is 0 Å². The summed E-state index contributed by atoms with van der Waals surface area (Å²) in [5, 5.41) is 3.13. The number of rotatable bonds is 6. The van der Waals surface area contributed by atoms with Crippen molar-refractivity contribution in [3.63, 3.8) is 0 Å². The first-order valence-electron chi connectivity index (χ1n) is 6.65. The van der Waals surface area contributed by atoms with E-state index >= 15 is 0 Å². The van der Waals surface area contributed by atoms with Gasteiger partial charge in [0.05, 0.1) is 18.4 Å². The lowest BCUT2D eigenvalue weighted by molar-refractivity contribution is 0.222. The fourth-order valence-corrected chi connectivity index (χ4v) is 1.78. The number of nitrogens with zero attached hydrogens (tertiary/aromatic N) is 3. The van der Waals surface area contributed by atoms with E-state index in [1.165, 1.54) is 0 Å². The van der Waals surface area contributed by atoms with Crippen molar-refractivity contribution in [1.82, 2.24) is 15.0 Å². The Bertz CT molecular complexity index is 607. The average molecular weight is 309 g/mol. The third kappa shape index (κ3) is 4.46. The molecule has 0 amide bonds. The smallest absolute Gasteiger partial charge is 0.322 e. The molecule has 0 atom stereocenters. The quantitative estimate of drug-likeness (QED) is 0.881. The number of nitrogens with one attached hydrogen (secondary N) is 1. The maximum absolute atomic E-state index is 5.89. The second-order valence-electron chi connectivity index (χ2n) is 4.43. The van der Waals surface area contributed by atoms with Crippen LogP contribution in [0.15, 0.2) is 24.3 Å². The monoisotopic (exact) mass is 308 g/mol. The standard InChI is InChI=1S/C14H17ClN4O2/c1-4-20-11-8-6-5-7-10(11)16-13-17-12(15)18-14(19-13)21-9(2)3/h5-9H,4H2,1-3H3,(H,16,17,18,19). The Labute approximate surface area is 128 Å². The van der Waals surface area contributed by atoms with Crippen LogP contribution in [0.2, 0.25) is 5.28 Å². The molecule has 1 aromatic carbocycles. The summed E-state index contributed by atoms with van der Waals surface area (Å²) < 4.78 is 11.0. The summed E-state index contributed by atoms with van der Waals surface area (Å²) in [6.07, 6.45) is -0.0490. The van der Waals surface area contributed by atoms with E-state index in [1.54, 1.807) is 0 Å². The summed E-state index contributed by atoms with van der Waals surface area (Å²) >= 11 is 5.89. The molecule has 112 valence electrons. The number of benzene rings is 1. The van der Waals surface area contributed by atoms with Crippen molar-refractivity contribution in [2.75, 3.05) is 11.9 Å². The summed E-state index contributed by atoms with van der Waals surface area (Å²) in [7, 11) is 0. The van der Waals surface area contributed by atoms with E-state index in [0.29, 0.717) is 18.3 Å². The SMILES string of the molecule is CCOc1ccccc1Nc1nc(Cl)nc(OC(C)C)n1. The zero-order valence-corrected chi connectivity index (χ0v) is 12.9. The van der Waals surface area contributed by atoms with Gasteiger partial charge in [0.2, 0.25) is 11.2 Å². The molecule has 0 aliphatic rings. The van der Waals surface area contributed by atoms with Crippen molar-refractivity contribution < 1.29 is 9.47 Å². The van der Waals surface area contributed by atoms with Crippen molar-refractivity contribution in [2.45, 2.75) is 26.9 Å². The highest BCUT2D eigenvalue weighted by atomic mass is 35.5. The minimum atomic E-state index is -0.0490. The maximum atomic E-state index is 5.89. The molecule has 21 heavy (non-hydrogen) atoms. The van der Waals surface area contributed by atoms with Gasteiger partial charge in [-0.05, 0) is 44.5 Å². The summed E-state index contributed by atoms with van der Waals surface area (Å²) in [5.41, 5.74) is 0.747. The van der Waals surface area contributed by atoms with Gasteiger partial charge in [-0.15, -0.1) is 0 Å². The van der Waals surface area contributed by atoms with Crippen molar-refractivity contribution in [3.8, 4) is 11.8 Å². The number of hydrogen-bond donors (Lipinski definition) is 1. The molecule has 0 radical (unpaired) electrons. The normalized spacial score (nSPS) is 10.5. The molecular formula is C14H17ClN4O2. The summed E-state index contributed by atoms with van der Waals surface area (Å²) in [4.78, 5) is 12.1. The van der Waals surface area contributed by atoms with Crippen LogP contribution in [0.25, 0.3) is 0 Å². The highest BCUT2D eigenvalue weighted by Crippen LogP contribution is 2.26. The Morgan fingerprint density at radius 1 is 1.19 bits per heavy atom.